The van der Waals surface area contributed by atoms with Gasteiger partial charge in [-0.05, 0) is 6.42 Å². The Morgan fingerprint density at radius 3 is 2.59 bits per heavy atom. The van der Waals surface area contributed by atoms with Gasteiger partial charge in [0.05, 0.1) is 18.7 Å². The molecule has 1 aromatic rings. The molecule has 0 aliphatic heterocycles. The van der Waals surface area contributed by atoms with Crippen molar-refractivity contribution in [3.8, 4) is 0 Å². The third-order valence-electron chi connectivity index (χ3n) is 3.44. The molecule has 0 fully saturated rings. The number of hydrogen-bond donors (Lipinski definition) is 1. The van der Waals surface area contributed by atoms with Gasteiger partial charge < -0.3 is 9.84 Å². The molecule has 5 nitrogen and oxygen atoms in total. The van der Waals surface area contributed by atoms with E-state index < -0.39 is 0 Å². The Labute approximate surface area is 129 Å². The highest BCUT2D eigenvalue weighted by Crippen LogP contribution is 2.29. The molecule has 0 spiro atoms. The van der Waals surface area contributed by atoms with Gasteiger partial charge >= 0.3 is 0 Å². The average Bonchev–Trinajstić information content (AvgIpc) is 2.52. The van der Waals surface area contributed by atoms with Gasteiger partial charge in [-0.25, -0.2) is 0 Å². The summed E-state index contributed by atoms with van der Waals surface area (Å²) in [5, 5.41) is 10.5. The van der Waals surface area contributed by atoms with Crippen LogP contribution in [-0.2, 0) is 9.53 Å². The molecule has 1 aliphatic rings. The van der Waals surface area contributed by atoms with E-state index in [0.717, 1.165) is 0 Å². The van der Waals surface area contributed by atoms with E-state index in [9.17, 15) is 14.7 Å². The Hall–Kier alpha value is -2.27. The summed E-state index contributed by atoms with van der Waals surface area (Å²) < 4.78 is 4.93. The molecule has 5 heteroatoms. The molecule has 0 bridgehead atoms. The van der Waals surface area contributed by atoms with Gasteiger partial charge in [0.2, 0.25) is 5.78 Å². The van der Waals surface area contributed by atoms with E-state index in [-0.39, 0.29) is 41.6 Å². The second kappa shape index (κ2) is 7.13. The quantitative estimate of drug-likeness (QED) is 0.819. The number of allylic oxidation sites excluding steroid dienone is 1. The molecule has 0 saturated carbocycles. The van der Waals surface area contributed by atoms with Crippen LogP contribution in [0.15, 0.2) is 34.8 Å². The number of hydrogen-bond acceptors (Lipinski definition) is 5. The lowest BCUT2D eigenvalue weighted by molar-refractivity contribution is -0.115. The zero-order valence-corrected chi connectivity index (χ0v) is 12.8. The van der Waals surface area contributed by atoms with Crippen molar-refractivity contribution in [1.82, 2.24) is 0 Å². The molecular formula is C17H19NO4. The minimum absolute atomic E-state index is 0.0293. The summed E-state index contributed by atoms with van der Waals surface area (Å²) >= 11 is 0. The number of carbonyl (C=O) groups excluding carboxylic acids is 2. The number of ether oxygens (including phenoxy) is 1. The Kier molecular flexibility index (Phi) is 5.22. The number of aliphatic imine (C=N–C) groups is 1. The Morgan fingerprint density at radius 2 is 1.95 bits per heavy atom. The number of nitrogens with zero attached hydrogens (tertiary/aromatic N) is 1. The van der Waals surface area contributed by atoms with E-state index in [2.05, 4.69) is 4.99 Å². The van der Waals surface area contributed by atoms with Gasteiger partial charge in [0, 0.05) is 24.7 Å². The molecule has 1 aromatic carbocycles. The number of aliphatic hydroxyl groups excluding tert-OH is 1. The normalized spacial score (nSPS) is 16.1. The lowest BCUT2D eigenvalue weighted by atomic mass is 9.85. The molecule has 0 atom stereocenters. The summed E-state index contributed by atoms with van der Waals surface area (Å²) in [7, 11) is 1.54. The van der Waals surface area contributed by atoms with Crippen molar-refractivity contribution in [1.29, 1.82) is 0 Å². The summed E-state index contributed by atoms with van der Waals surface area (Å²) in [6.07, 6.45) is 0.898. The van der Waals surface area contributed by atoms with Crippen LogP contribution in [0.5, 0.6) is 0 Å². The number of methoxy groups -OCH3 is 1. The first-order chi connectivity index (χ1) is 10.6. The molecule has 0 radical (unpaired) electrons. The van der Waals surface area contributed by atoms with Crippen molar-refractivity contribution in [3.63, 3.8) is 0 Å². The average molecular weight is 301 g/mol. The molecule has 0 amide bonds. The van der Waals surface area contributed by atoms with Gasteiger partial charge in [-0.1, -0.05) is 31.2 Å². The maximum atomic E-state index is 12.6. The van der Waals surface area contributed by atoms with E-state index in [1.165, 1.54) is 7.11 Å². The van der Waals surface area contributed by atoms with Crippen LogP contribution < -0.4 is 0 Å². The van der Waals surface area contributed by atoms with Crippen molar-refractivity contribution in [3.05, 3.63) is 41.0 Å². The van der Waals surface area contributed by atoms with Crippen LogP contribution in [0, 0.1) is 0 Å². The maximum absolute atomic E-state index is 12.6. The summed E-state index contributed by atoms with van der Waals surface area (Å²) in [6.45, 7) is 2.47. The van der Waals surface area contributed by atoms with Gasteiger partial charge in [-0.2, -0.15) is 0 Å². The molecule has 116 valence electrons. The monoisotopic (exact) mass is 301 g/mol. The molecule has 1 N–H and O–H groups in total. The van der Waals surface area contributed by atoms with Crippen molar-refractivity contribution in [2.45, 2.75) is 19.8 Å². The maximum Gasteiger partial charge on any atom is 0.212 e. The summed E-state index contributed by atoms with van der Waals surface area (Å²) in [5.41, 5.74) is 0.815. The summed E-state index contributed by atoms with van der Waals surface area (Å²) in [4.78, 5) is 29.1. The predicted octanol–water partition coefficient (Wildman–Crippen LogP) is 2.61. The molecule has 2 rings (SSSR count). The van der Waals surface area contributed by atoms with Crippen LogP contribution >= 0.6 is 0 Å². The smallest absolute Gasteiger partial charge is 0.212 e. The summed E-state index contributed by atoms with van der Waals surface area (Å²) in [6, 6.07) is 6.70. The molecule has 0 aromatic heterocycles. The first-order valence-corrected chi connectivity index (χ1v) is 7.26. The minimum Gasteiger partial charge on any atom is -0.506 e. The van der Waals surface area contributed by atoms with Gasteiger partial charge in [-0.15, -0.1) is 0 Å². The predicted molar refractivity (Wildman–Crippen MR) is 84.4 cm³/mol. The van der Waals surface area contributed by atoms with E-state index in [1.807, 2.05) is 6.92 Å². The fourth-order valence-electron chi connectivity index (χ4n) is 2.39. The van der Waals surface area contributed by atoms with Gasteiger partial charge in [0.15, 0.2) is 5.78 Å². The highest BCUT2D eigenvalue weighted by molar-refractivity contribution is 6.59. The fraction of sp³-hybridized carbons (Fsp3) is 0.353. The van der Waals surface area contributed by atoms with E-state index in [4.69, 9.17) is 4.74 Å². The molecular weight excluding hydrogens is 282 g/mol. The van der Waals surface area contributed by atoms with Crippen LogP contribution in [0.3, 0.4) is 0 Å². The number of fused-ring (bicyclic) bond motifs is 1. The fourth-order valence-corrected chi connectivity index (χ4v) is 2.39. The van der Waals surface area contributed by atoms with Crippen LogP contribution in [0.4, 0.5) is 0 Å². The van der Waals surface area contributed by atoms with Crippen LogP contribution in [0.1, 0.15) is 35.7 Å². The zero-order valence-electron chi connectivity index (χ0n) is 12.8. The highest BCUT2D eigenvalue weighted by Gasteiger charge is 2.33. The Bertz CT molecular complexity index is 658. The lowest BCUT2D eigenvalue weighted by Crippen LogP contribution is -2.29. The SMILES string of the molecule is CCCC(=O)C1=C(O)c2ccccc2C(=O)C1=NCCOC. The zero-order chi connectivity index (χ0) is 16.1. The van der Waals surface area contributed by atoms with Crippen LogP contribution in [0.25, 0.3) is 5.76 Å². The third-order valence-corrected chi connectivity index (χ3v) is 3.44. The minimum atomic E-state index is -0.330. The second-order valence-corrected chi connectivity index (χ2v) is 4.99. The van der Waals surface area contributed by atoms with Crippen molar-refractivity contribution in [2.24, 2.45) is 4.99 Å². The first kappa shape index (κ1) is 16.1. The number of aliphatic hydroxyl groups is 1. The third kappa shape index (κ3) is 2.99. The second-order valence-electron chi connectivity index (χ2n) is 4.99. The highest BCUT2D eigenvalue weighted by atomic mass is 16.5. The summed E-state index contributed by atoms with van der Waals surface area (Å²) in [5.74, 6) is -0.757. The van der Waals surface area contributed by atoms with Gasteiger partial charge in [0.1, 0.15) is 11.5 Å². The number of carbonyl (C=O) groups is 2. The largest absolute Gasteiger partial charge is 0.506 e. The van der Waals surface area contributed by atoms with Crippen molar-refractivity contribution >= 4 is 23.0 Å². The Balaban J connectivity index is 2.57. The number of rotatable bonds is 6. The standard InChI is InChI=1S/C17H19NO4/c1-3-6-13(19)14-15(18-9-10-22-2)17(21)12-8-5-4-7-11(12)16(14)20/h4-5,7-8,20H,3,6,9-10H2,1-2H3. The van der Waals surface area contributed by atoms with Crippen LogP contribution in [0.2, 0.25) is 0 Å². The number of ketones is 2. The van der Waals surface area contributed by atoms with E-state index in [0.29, 0.717) is 24.2 Å². The van der Waals surface area contributed by atoms with E-state index in [1.54, 1.807) is 24.3 Å². The Morgan fingerprint density at radius 1 is 1.27 bits per heavy atom. The number of benzene rings is 1. The lowest BCUT2D eigenvalue weighted by Gasteiger charge is -2.19. The van der Waals surface area contributed by atoms with Crippen LogP contribution in [-0.4, -0.2) is 42.6 Å². The van der Waals surface area contributed by atoms with Crippen molar-refractivity contribution < 1.29 is 19.4 Å². The first-order valence-electron chi connectivity index (χ1n) is 7.26. The van der Waals surface area contributed by atoms with E-state index >= 15 is 0 Å². The molecule has 1 aliphatic carbocycles. The molecule has 0 heterocycles. The van der Waals surface area contributed by atoms with Gasteiger partial charge in [-0.3, -0.25) is 14.6 Å². The van der Waals surface area contributed by atoms with Gasteiger partial charge in [0.25, 0.3) is 0 Å². The topological polar surface area (TPSA) is 76.0 Å². The molecule has 22 heavy (non-hydrogen) atoms. The number of Topliss-reactive ketones (excluding diaryl/α,β-unsaturated/α-hetero) is 2. The molecule has 0 saturated heterocycles. The van der Waals surface area contributed by atoms with Crippen molar-refractivity contribution in [2.75, 3.05) is 20.3 Å². The molecule has 0 unspecified atom stereocenters.